The van der Waals surface area contributed by atoms with Crippen LogP contribution in [0.15, 0.2) is 29.2 Å². The SMILES string of the molecule is CCNC(CC)CCCS(=O)c1ccc(OC)cc1. The van der Waals surface area contributed by atoms with Crippen LogP contribution in [0, 0.1) is 0 Å². The summed E-state index contributed by atoms with van der Waals surface area (Å²) >= 11 is 0. The lowest BCUT2D eigenvalue weighted by molar-refractivity contribution is 0.414. The van der Waals surface area contributed by atoms with E-state index in [1.807, 2.05) is 24.3 Å². The van der Waals surface area contributed by atoms with Gasteiger partial charge in [-0.1, -0.05) is 13.8 Å². The van der Waals surface area contributed by atoms with Crippen LogP contribution < -0.4 is 10.1 Å². The van der Waals surface area contributed by atoms with Gasteiger partial charge in [-0.25, -0.2) is 0 Å². The fourth-order valence-electron chi connectivity index (χ4n) is 2.05. The summed E-state index contributed by atoms with van der Waals surface area (Å²) < 4.78 is 17.2. The van der Waals surface area contributed by atoms with E-state index >= 15 is 0 Å². The lowest BCUT2D eigenvalue weighted by atomic mass is 10.1. The van der Waals surface area contributed by atoms with Gasteiger partial charge in [0.1, 0.15) is 5.75 Å². The molecule has 0 heterocycles. The molecule has 0 aromatic heterocycles. The largest absolute Gasteiger partial charge is 0.497 e. The standard InChI is InChI=1S/C15H25NO2S/c1-4-13(16-5-2)7-6-12-19(17)15-10-8-14(18-3)9-11-15/h8-11,13,16H,4-7,12H2,1-3H3. The Morgan fingerprint density at radius 1 is 1.26 bits per heavy atom. The Morgan fingerprint density at radius 3 is 2.47 bits per heavy atom. The molecule has 0 saturated carbocycles. The quantitative estimate of drug-likeness (QED) is 0.757. The van der Waals surface area contributed by atoms with E-state index in [2.05, 4.69) is 19.2 Å². The number of nitrogens with one attached hydrogen (secondary N) is 1. The molecule has 4 heteroatoms. The number of hydrogen-bond donors (Lipinski definition) is 1. The van der Waals surface area contributed by atoms with Crippen molar-refractivity contribution < 1.29 is 8.95 Å². The first-order valence-corrected chi connectivity index (χ1v) is 8.29. The zero-order chi connectivity index (χ0) is 14.1. The Kier molecular flexibility index (Phi) is 7.75. The van der Waals surface area contributed by atoms with Gasteiger partial charge in [0.25, 0.3) is 0 Å². The normalized spacial score (nSPS) is 14.1. The summed E-state index contributed by atoms with van der Waals surface area (Å²) in [5.74, 6) is 1.53. The monoisotopic (exact) mass is 283 g/mol. The lowest BCUT2D eigenvalue weighted by Gasteiger charge is -2.15. The molecule has 0 radical (unpaired) electrons. The van der Waals surface area contributed by atoms with E-state index in [1.54, 1.807) is 7.11 Å². The first-order chi connectivity index (χ1) is 9.21. The molecule has 3 nitrogen and oxygen atoms in total. The summed E-state index contributed by atoms with van der Waals surface area (Å²) in [6, 6.07) is 8.05. The summed E-state index contributed by atoms with van der Waals surface area (Å²) in [6.07, 6.45) is 3.21. The third kappa shape index (κ3) is 5.74. The molecular weight excluding hydrogens is 258 g/mol. The molecule has 0 aliphatic carbocycles. The molecule has 108 valence electrons. The van der Waals surface area contributed by atoms with Crippen LogP contribution in [-0.4, -0.2) is 29.7 Å². The second kappa shape index (κ2) is 9.10. The van der Waals surface area contributed by atoms with E-state index in [-0.39, 0.29) is 0 Å². The second-order valence-electron chi connectivity index (χ2n) is 4.53. The predicted octanol–water partition coefficient (Wildman–Crippen LogP) is 2.97. The molecule has 0 aliphatic heterocycles. The van der Waals surface area contributed by atoms with Crippen molar-refractivity contribution >= 4 is 10.8 Å². The summed E-state index contributed by atoms with van der Waals surface area (Å²) in [7, 11) is 0.737. The van der Waals surface area contributed by atoms with Gasteiger partial charge < -0.3 is 10.1 Å². The van der Waals surface area contributed by atoms with Crippen molar-refractivity contribution in [1.29, 1.82) is 0 Å². The molecule has 0 aliphatic rings. The van der Waals surface area contributed by atoms with Gasteiger partial charge in [0.05, 0.1) is 17.9 Å². The Hall–Kier alpha value is -0.870. The third-order valence-electron chi connectivity index (χ3n) is 3.19. The molecule has 0 bridgehead atoms. The van der Waals surface area contributed by atoms with E-state index in [0.717, 1.165) is 42.2 Å². The van der Waals surface area contributed by atoms with Gasteiger partial charge in [-0.3, -0.25) is 4.21 Å². The zero-order valence-electron chi connectivity index (χ0n) is 12.1. The van der Waals surface area contributed by atoms with Gasteiger partial charge in [-0.05, 0) is 50.1 Å². The average molecular weight is 283 g/mol. The van der Waals surface area contributed by atoms with Gasteiger partial charge in [0.15, 0.2) is 0 Å². The molecule has 1 aromatic rings. The highest BCUT2D eigenvalue weighted by Crippen LogP contribution is 2.15. The van der Waals surface area contributed by atoms with Crippen LogP contribution in [0.5, 0.6) is 5.75 Å². The maximum atomic E-state index is 12.1. The van der Waals surface area contributed by atoms with Gasteiger partial charge in [-0.2, -0.15) is 0 Å². The Morgan fingerprint density at radius 2 is 1.95 bits per heavy atom. The summed E-state index contributed by atoms with van der Waals surface area (Å²) in [4.78, 5) is 0.886. The molecule has 1 aromatic carbocycles. The van der Waals surface area contributed by atoms with Crippen LogP contribution in [0.25, 0.3) is 0 Å². The lowest BCUT2D eigenvalue weighted by Crippen LogP contribution is -2.28. The van der Waals surface area contributed by atoms with Crippen LogP contribution in [0.2, 0.25) is 0 Å². The van der Waals surface area contributed by atoms with Gasteiger partial charge in [-0.15, -0.1) is 0 Å². The van der Waals surface area contributed by atoms with E-state index < -0.39 is 10.8 Å². The molecule has 19 heavy (non-hydrogen) atoms. The topological polar surface area (TPSA) is 38.3 Å². The second-order valence-corrected chi connectivity index (χ2v) is 6.10. The Balaban J connectivity index is 2.37. The highest BCUT2D eigenvalue weighted by molar-refractivity contribution is 7.85. The molecular formula is C15H25NO2S. The molecule has 0 amide bonds. The van der Waals surface area contributed by atoms with Crippen molar-refractivity contribution in [2.24, 2.45) is 0 Å². The predicted molar refractivity (Wildman–Crippen MR) is 81.3 cm³/mol. The third-order valence-corrected chi connectivity index (χ3v) is 4.65. The van der Waals surface area contributed by atoms with Crippen LogP contribution >= 0.6 is 0 Å². The van der Waals surface area contributed by atoms with E-state index in [4.69, 9.17) is 4.74 Å². The van der Waals surface area contributed by atoms with Crippen molar-refractivity contribution in [2.45, 2.75) is 44.0 Å². The Labute approximate surface area is 119 Å². The molecule has 2 atom stereocenters. The molecule has 0 saturated heterocycles. The number of ether oxygens (including phenoxy) is 1. The summed E-state index contributed by atoms with van der Waals surface area (Å²) in [5, 5.41) is 3.45. The van der Waals surface area contributed by atoms with E-state index in [0.29, 0.717) is 6.04 Å². The highest BCUT2D eigenvalue weighted by Gasteiger charge is 2.07. The average Bonchev–Trinajstić information content (AvgIpc) is 2.46. The minimum absolute atomic E-state index is 0.554. The van der Waals surface area contributed by atoms with Crippen molar-refractivity contribution in [3.63, 3.8) is 0 Å². The van der Waals surface area contributed by atoms with Crippen LogP contribution in [0.3, 0.4) is 0 Å². The molecule has 1 N–H and O–H groups in total. The van der Waals surface area contributed by atoms with E-state index in [1.165, 1.54) is 0 Å². The number of methoxy groups -OCH3 is 1. The van der Waals surface area contributed by atoms with Crippen molar-refractivity contribution in [3.8, 4) is 5.75 Å². The van der Waals surface area contributed by atoms with Crippen LogP contribution in [0.1, 0.15) is 33.1 Å². The fourth-order valence-corrected chi connectivity index (χ4v) is 3.15. The number of rotatable bonds is 9. The smallest absolute Gasteiger partial charge is 0.118 e. The van der Waals surface area contributed by atoms with Crippen LogP contribution in [-0.2, 0) is 10.8 Å². The van der Waals surface area contributed by atoms with Crippen LogP contribution in [0.4, 0.5) is 0 Å². The zero-order valence-corrected chi connectivity index (χ0v) is 13.0. The first-order valence-electron chi connectivity index (χ1n) is 6.97. The summed E-state index contributed by atoms with van der Waals surface area (Å²) in [5.41, 5.74) is 0. The highest BCUT2D eigenvalue weighted by atomic mass is 32.2. The minimum Gasteiger partial charge on any atom is -0.497 e. The van der Waals surface area contributed by atoms with Gasteiger partial charge in [0, 0.05) is 16.7 Å². The molecule has 0 fully saturated rings. The number of hydrogen-bond acceptors (Lipinski definition) is 3. The maximum absolute atomic E-state index is 12.1. The van der Waals surface area contributed by atoms with Gasteiger partial charge >= 0.3 is 0 Å². The van der Waals surface area contributed by atoms with E-state index in [9.17, 15) is 4.21 Å². The Bertz CT molecular complexity index is 378. The molecule has 0 spiro atoms. The van der Waals surface area contributed by atoms with Crippen molar-refractivity contribution in [2.75, 3.05) is 19.4 Å². The van der Waals surface area contributed by atoms with Crippen molar-refractivity contribution in [1.82, 2.24) is 5.32 Å². The summed E-state index contributed by atoms with van der Waals surface area (Å²) in [6.45, 7) is 5.31. The maximum Gasteiger partial charge on any atom is 0.118 e. The molecule has 1 rings (SSSR count). The first kappa shape index (κ1) is 16.2. The fraction of sp³-hybridized carbons (Fsp3) is 0.600. The van der Waals surface area contributed by atoms with Gasteiger partial charge in [0.2, 0.25) is 0 Å². The minimum atomic E-state index is -0.899. The van der Waals surface area contributed by atoms with Crippen molar-refractivity contribution in [3.05, 3.63) is 24.3 Å². The molecule has 2 unspecified atom stereocenters. The number of benzene rings is 1.